The van der Waals surface area contributed by atoms with Crippen LogP contribution < -0.4 is 5.32 Å². The average molecular weight is 340 g/mol. The molecule has 0 atom stereocenters. The van der Waals surface area contributed by atoms with Crippen LogP contribution in [-0.4, -0.2) is 16.4 Å². The number of hydrogen-bond acceptors (Lipinski definition) is 2. The van der Waals surface area contributed by atoms with Gasteiger partial charge in [-0.1, -0.05) is 0 Å². The van der Waals surface area contributed by atoms with E-state index >= 15 is 0 Å². The van der Waals surface area contributed by atoms with E-state index in [2.05, 4.69) is 42.2 Å². The van der Waals surface area contributed by atoms with E-state index in [1.54, 1.807) is 6.20 Å². The molecular formula is C9H9Br2ClN2. The molecule has 0 saturated heterocycles. The number of alkyl halides is 1. The van der Waals surface area contributed by atoms with Crippen molar-refractivity contribution in [2.75, 3.05) is 5.32 Å². The molecule has 76 valence electrons. The van der Waals surface area contributed by atoms with Crippen LogP contribution in [0.25, 0.3) is 0 Å². The van der Waals surface area contributed by atoms with E-state index in [4.69, 9.17) is 11.6 Å². The molecule has 0 unspecified atom stereocenters. The van der Waals surface area contributed by atoms with Gasteiger partial charge >= 0.3 is 0 Å². The number of rotatable bonds is 2. The Morgan fingerprint density at radius 3 is 2.71 bits per heavy atom. The molecule has 14 heavy (non-hydrogen) atoms. The lowest BCUT2D eigenvalue weighted by Crippen LogP contribution is -2.36. The van der Waals surface area contributed by atoms with Crippen LogP contribution in [0.1, 0.15) is 12.8 Å². The molecule has 1 N–H and O–H groups in total. The van der Waals surface area contributed by atoms with Gasteiger partial charge < -0.3 is 5.32 Å². The Bertz CT molecular complexity index is 340. The van der Waals surface area contributed by atoms with Gasteiger partial charge in [-0.25, -0.2) is 4.98 Å². The van der Waals surface area contributed by atoms with Gasteiger partial charge in [0.2, 0.25) is 0 Å². The summed E-state index contributed by atoms with van der Waals surface area (Å²) < 4.78 is 1.95. The quantitative estimate of drug-likeness (QED) is 0.829. The summed E-state index contributed by atoms with van der Waals surface area (Å²) in [4.78, 5) is 4.28. The van der Waals surface area contributed by atoms with Gasteiger partial charge in [0.15, 0.2) is 0 Å². The summed E-state index contributed by atoms with van der Waals surface area (Å²) in [5.74, 6) is 0.891. The van der Waals surface area contributed by atoms with Crippen LogP contribution in [0.3, 0.4) is 0 Å². The predicted molar refractivity (Wildman–Crippen MR) is 65.9 cm³/mol. The summed E-state index contributed by atoms with van der Waals surface area (Å²) in [6.07, 6.45) is 3.82. The minimum Gasteiger partial charge on any atom is -0.366 e. The minimum absolute atomic E-state index is 0.335. The molecule has 1 fully saturated rings. The van der Waals surface area contributed by atoms with Crippen molar-refractivity contribution in [2.24, 2.45) is 0 Å². The summed E-state index contributed by atoms with van der Waals surface area (Å²) in [5.41, 5.74) is 0. The Balaban J connectivity index is 2.02. The zero-order chi connectivity index (χ0) is 10.1. The third-order valence-corrected chi connectivity index (χ3v) is 3.62. The maximum atomic E-state index is 5.90. The van der Waals surface area contributed by atoms with Gasteiger partial charge in [-0.3, -0.25) is 0 Å². The van der Waals surface area contributed by atoms with Crippen molar-refractivity contribution < 1.29 is 0 Å². The van der Waals surface area contributed by atoms with Crippen molar-refractivity contribution in [3.63, 3.8) is 0 Å². The average Bonchev–Trinajstić information content (AvgIpc) is 2.06. The van der Waals surface area contributed by atoms with Crippen LogP contribution in [0, 0.1) is 0 Å². The van der Waals surface area contributed by atoms with Crippen LogP contribution in [0.4, 0.5) is 5.82 Å². The highest BCUT2D eigenvalue weighted by atomic mass is 79.9. The second-order valence-electron chi connectivity index (χ2n) is 3.39. The highest BCUT2D eigenvalue weighted by molar-refractivity contribution is 9.11. The number of halogens is 3. The molecule has 0 radical (unpaired) electrons. The van der Waals surface area contributed by atoms with E-state index in [9.17, 15) is 0 Å². The summed E-state index contributed by atoms with van der Waals surface area (Å²) in [6.45, 7) is 0. The Labute approximate surface area is 105 Å². The Hall–Kier alpha value is 0.200. The molecule has 1 saturated carbocycles. The van der Waals surface area contributed by atoms with Crippen LogP contribution in [-0.2, 0) is 0 Å². The summed E-state index contributed by atoms with van der Waals surface area (Å²) in [7, 11) is 0. The van der Waals surface area contributed by atoms with E-state index in [-0.39, 0.29) is 0 Å². The third-order valence-electron chi connectivity index (χ3n) is 2.23. The lowest BCUT2D eigenvalue weighted by Gasteiger charge is -2.32. The molecule has 1 aromatic rings. The normalized spacial score (nSPS) is 25.6. The summed E-state index contributed by atoms with van der Waals surface area (Å²) in [5, 5.41) is 3.68. The zero-order valence-corrected chi connectivity index (χ0v) is 11.2. The second kappa shape index (κ2) is 4.37. The van der Waals surface area contributed by atoms with E-state index in [0.29, 0.717) is 11.4 Å². The highest BCUT2D eigenvalue weighted by Gasteiger charge is 2.27. The van der Waals surface area contributed by atoms with Gasteiger partial charge in [0.1, 0.15) is 5.82 Å². The van der Waals surface area contributed by atoms with E-state index in [1.165, 1.54) is 0 Å². The van der Waals surface area contributed by atoms with Gasteiger partial charge in [0, 0.05) is 22.1 Å². The first-order valence-electron chi connectivity index (χ1n) is 4.37. The topological polar surface area (TPSA) is 24.9 Å². The first-order valence-corrected chi connectivity index (χ1v) is 6.39. The number of nitrogens with one attached hydrogen (secondary N) is 1. The summed E-state index contributed by atoms with van der Waals surface area (Å²) in [6, 6.07) is 2.45. The number of pyridine rings is 1. The third kappa shape index (κ3) is 2.41. The number of hydrogen-bond donors (Lipinski definition) is 1. The number of nitrogens with zero attached hydrogens (tertiary/aromatic N) is 1. The lowest BCUT2D eigenvalue weighted by atomic mass is 9.92. The van der Waals surface area contributed by atoms with Crippen molar-refractivity contribution >= 4 is 49.3 Å². The number of aromatic nitrogens is 1. The Morgan fingerprint density at radius 2 is 2.14 bits per heavy atom. The number of anilines is 1. The van der Waals surface area contributed by atoms with Crippen LogP contribution in [0.2, 0.25) is 0 Å². The van der Waals surface area contributed by atoms with Gasteiger partial charge in [-0.2, -0.15) is 0 Å². The van der Waals surface area contributed by atoms with Crippen molar-refractivity contribution in [2.45, 2.75) is 24.3 Å². The monoisotopic (exact) mass is 338 g/mol. The first-order chi connectivity index (χ1) is 6.65. The molecule has 1 aromatic heterocycles. The maximum Gasteiger partial charge on any atom is 0.140 e. The molecular weight excluding hydrogens is 331 g/mol. The van der Waals surface area contributed by atoms with Crippen LogP contribution in [0.5, 0.6) is 0 Å². The molecule has 2 rings (SSSR count). The Kier molecular flexibility index (Phi) is 3.34. The van der Waals surface area contributed by atoms with Crippen molar-refractivity contribution in [1.82, 2.24) is 4.98 Å². The molecule has 0 aromatic carbocycles. The smallest absolute Gasteiger partial charge is 0.140 e. The van der Waals surface area contributed by atoms with E-state index < -0.39 is 0 Å². The Morgan fingerprint density at radius 1 is 1.43 bits per heavy atom. The molecule has 0 amide bonds. The maximum absolute atomic E-state index is 5.90. The van der Waals surface area contributed by atoms with Crippen LogP contribution in [0.15, 0.2) is 21.2 Å². The fourth-order valence-electron chi connectivity index (χ4n) is 1.38. The molecule has 5 heteroatoms. The van der Waals surface area contributed by atoms with Gasteiger partial charge in [-0.15, -0.1) is 11.6 Å². The van der Waals surface area contributed by atoms with Gasteiger partial charge in [0.25, 0.3) is 0 Å². The van der Waals surface area contributed by atoms with E-state index in [1.807, 2.05) is 6.07 Å². The molecule has 1 aliphatic carbocycles. The molecule has 1 heterocycles. The fourth-order valence-corrected chi connectivity index (χ4v) is 2.91. The van der Waals surface area contributed by atoms with Crippen molar-refractivity contribution in [1.29, 1.82) is 0 Å². The van der Waals surface area contributed by atoms with Crippen molar-refractivity contribution in [3.8, 4) is 0 Å². The highest BCUT2D eigenvalue weighted by Crippen LogP contribution is 2.31. The molecule has 2 nitrogen and oxygen atoms in total. The zero-order valence-electron chi connectivity index (χ0n) is 7.30. The first kappa shape index (κ1) is 10.7. The second-order valence-corrected chi connectivity index (χ2v) is 5.78. The SMILES string of the molecule is ClC1CC(Nc2ncc(Br)cc2Br)C1. The standard InChI is InChI=1S/C9H9Br2ClN2/c10-5-1-8(11)9(13-4-5)14-7-2-6(12)3-7/h1,4,6-7H,2-3H2,(H,13,14). The summed E-state index contributed by atoms with van der Waals surface area (Å²) >= 11 is 12.7. The van der Waals surface area contributed by atoms with Gasteiger partial charge in [-0.05, 0) is 50.8 Å². The van der Waals surface area contributed by atoms with Crippen LogP contribution >= 0.6 is 43.5 Å². The van der Waals surface area contributed by atoms with Crippen molar-refractivity contribution in [3.05, 3.63) is 21.2 Å². The lowest BCUT2D eigenvalue weighted by molar-refractivity contribution is 0.453. The predicted octanol–water partition coefficient (Wildman–Crippen LogP) is 3.79. The molecule has 0 aliphatic heterocycles. The van der Waals surface area contributed by atoms with E-state index in [0.717, 1.165) is 27.6 Å². The largest absolute Gasteiger partial charge is 0.366 e. The molecule has 1 aliphatic rings. The fraction of sp³-hybridized carbons (Fsp3) is 0.444. The molecule has 0 spiro atoms. The molecule has 0 bridgehead atoms. The van der Waals surface area contributed by atoms with Gasteiger partial charge in [0.05, 0.1) is 4.47 Å². The minimum atomic E-state index is 0.335.